The number of rotatable bonds is 18. The summed E-state index contributed by atoms with van der Waals surface area (Å²) >= 11 is 5.61. The Kier molecular flexibility index (Phi) is 23.5. The lowest BCUT2D eigenvalue weighted by atomic mass is 9.97. The molecule has 660 valence electrons. The molecule has 140 heavy (non-hydrogen) atoms. The van der Waals surface area contributed by atoms with E-state index in [1.807, 2.05) is 34.0 Å². The highest BCUT2D eigenvalue weighted by atomic mass is 32.1. The van der Waals surface area contributed by atoms with E-state index < -0.39 is 0 Å². The third-order valence-corrected chi connectivity index (χ3v) is 30.4. The lowest BCUT2D eigenvalue weighted by molar-refractivity contribution is 1.30. The van der Waals surface area contributed by atoms with Crippen LogP contribution < -0.4 is 14.7 Å². The third kappa shape index (κ3) is 17.2. The maximum atomic E-state index is 2.44. The van der Waals surface area contributed by atoms with Gasteiger partial charge in [0.1, 0.15) is 0 Å². The molecule has 0 amide bonds. The van der Waals surface area contributed by atoms with Crippen LogP contribution in [-0.2, 0) is 0 Å². The molecule has 23 aromatic carbocycles. The molecule has 0 atom stereocenters. The van der Waals surface area contributed by atoms with Gasteiger partial charge in [0.25, 0.3) is 0 Å². The van der Waals surface area contributed by atoms with E-state index in [1.54, 1.807) is 0 Å². The molecule has 0 aliphatic heterocycles. The number of anilines is 9. The number of nitrogens with zero attached hydrogens (tertiary/aromatic N) is 3. The van der Waals surface area contributed by atoms with Gasteiger partial charge in [-0.25, -0.2) is 0 Å². The van der Waals surface area contributed by atoms with Crippen LogP contribution in [-0.4, -0.2) is 0 Å². The second kappa shape index (κ2) is 38.4. The van der Waals surface area contributed by atoms with Crippen LogP contribution in [0.2, 0.25) is 0 Å². The monoisotopic (exact) mass is 1840 g/mol. The molecule has 0 aliphatic rings. The van der Waals surface area contributed by atoms with Crippen LogP contribution in [0.25, 0.3) is 182 Å². The highest BCUT2D eigenvalue weighted by molar-refractivity contribution is 7.27. The fourth-order valence-corrected chi connectivity index (χ4v) is 23.3. The zero-order chi connectivity index (χ0) is 93.0. The molecule has 0 saturated heterocycles. The summed E-state index contributed by atoms with van der Waals surface area (Å²) in [4.78, 5) is 7.28. The molecule has 3 nitrogen and oxygen atoms in total. The van der Waals surface area contributed by atoms with E-state index in [2.05, 4.69) is 567 Å². The van der Waals surface area contributed by atoms with Gasteiger partial charge in [-0.3, -0.25) is 0 Å². The first-order valence-electron chi connectivity index (χ1n) is 47.6. The predicted octanol–water partition coefficient (Wildman–Crippen LogP) is 39.9. The molecule has 0 saturated carbocycles. The van der Waals surface area contributed by atoms with E-state index in [0.29, 0.717) is 0 Å². The molecule has 0 aliphatic carbocycles. The summed E-state index contributed by atoms with van der Waals surface area (Å²) in [5.41, 5.74) is 32.2. The Morgan fingerprint density at radius 2 is 0.350 bits per heavy atom. The van der Waals surface area contributed by atoms with Gasteiger partial charge in [-0.1, -0.05) is 419 Å². The fraction of sp³-hybridized carbons (Fsp3) is 0. The smallest absolute Gasteiger partial charge is 0.0646 e. The fourth-order valence-electron chi connectivity index (χ4n) is 19.8. The Bertz CT molecular complexity index is 8890. The number of para-hydroxylation sites is 1. The Hall–Kier alpha value is -17.4. The molecule has 0 N–H and O–H groups in total. The summed E-state index contributed by atoms with van der Waals surface area (Å²) in [6.07, 6.45) is 0. The number of hydrogen-bond donors (Lipinski definition) is 0. The summed E-state index contributed by atoms with van der Waals surface area (Å²) in [6, 6.07) is 200. The maximum Gasteiger partial charge on any atom is 0.0646 e. The topological polar surface area (TPSA) is 9.72 Å². The standard InChI is InChI=1S/2C46H31NS.C42H29NS/c1-3-12-32(13-4-1)34-22-26-38(27-23-34)47(39-28-24-36(25-29-39)41-20-11-17-35-16-7-8-18-40(35)41)44-31-37(33-14-5-2-6-15-33)30-43-42-19-9-10-21-45(42)48-46(43)44;1-3-11-32(12-4-1)35-21-25-40(26-22-35)47(41-27-23-36(24-28-41)38-20-19-34-15-7-8-16-37(34)29-38)44-31-39(33-13-5-2-6-14-33)30-43-42-17-9-10-18-45(42)48-46(43)44;1-4-12-30(13-5-1)32-20-22-33(23-21-32)34-24-26-37(27-25-34)43(36-16-8-3-9-17-36)40-29-35(31-14-6-2-7-15-31)28-39-38-18-10-11-19-41(38)44-42(39)40/h2*1-31H;1-29H. The molecular weight excluding hydrogens is 1750 g/mol. The first-order valence-corrected chi connectivity index (χ1v) is 50.1. The van der Waals surface area contributed by atoms with Crippen molar-refractivity contribution in [3.8, 4) is 100 Å². The highest BCUT2D eigenvalue weighted by Crippen LogP contribution is 2.53. The van der Waals surface area contributed by atoms with Gasteiger partial charge in [0.15, 0.2) is 0 Å². The van der Waals surface area contributed by atoms with Crippen molar-refractivity contribution in [2.45, 2.75) is 0 Å². The van der Waals surface area contributed by atoms with E-state index in [-0.39, 0.29) is 0 Å². The second-order valence-corrected chi connectivity index (χ2v) is 38.5. The minimum absolute atomic E-state index is 1.12. The zero-order valence-corrected chi connectivity index (χ0v) is 79.1. The van der Waals surface area contributed by atoms with Gasteiger partial charge in [0.05, 0.1) is 31.2 Å². The lowest BCUT2D eigenvalue weighted by Gasteiger charge is -2.27. The van der Waals surface area contributed by atoms with Gasteiger partial charge in [0.2, 0.25) is 0 Å². The molecule has 26 rings (SSSR count). The lowest BCUT2D eigenvalue weighted by Crippen LogP contribution is -2.10. The van der Waals surface area contributed by atoms with Crippen LogP contribution in [0.5, 0.6) is 0 Å². The van der Waals surface area contributed by atoms with Crippen LogP contribution in [0.4, 0.5) is 51.2 Å². The Labute approximate surface area is 827 Å². The van der Waals surface area contributed by atoms with Crippen LogP contribution >= 0.6 is 34.0 Å². The van der Waals surface area contributed by atoms with Gasteiger partial charge in [-0.15, -0.1) is 34.0 Å². The molecule has 0 fully saturated rings. The van der Waals surface area contributed by atoms with Gasteiger partial charge < -0.3 is 14.7 Å². The van der Waals surface area contributed by atoms with Crippen molar-refractivity contribution in [1.29, 1.82) is 0 Å². The first kappa shape index (κ1) is 85.6. The number of benzene rings is 23. The van der Waals surface area contributed by atoms with Crippen molar-refractivity contribution in [3.63, 3.8) is 0 Å². The molecular formula is C134H91N3S3. The van der Waals surface area contributed by atoms with Crippen molar-refractivity contribution in [2.75, 3.05) is 14.7 Å². The predicted molar refractivity (Wildman–Crippen MR) is 606 cm³/mol. The number of fused-ring (bicyclic) bond motifs is 11. The van der Waals surface area contributed by atoms with E-state index in [1.165, 1.54) is 199 Å². The summed E-state index contributed by atoms with van der Waals surface area (Å²) in [6.45, 7) is 0. The summed E-state index contributed by atoms with van der Waals surface area (Å²) < 4.78 is 7.74. The van der Waals surface area contributed by atoms with Crippen molar-refractivity contribution < 1.29 is 0 Å². The summed E-state index contributed by atoms with van der Waals surface area (Å²) in [5.74, 6) is 0. The largest absolute Gasteiger partial charge is 0.309 e. The van der Waals surface area contributed by atoms with Crippen LogP contribution in [0.3, 0.4) is 0 Å². The second-order valence-electron chi connectivity index (χ2n) is 35.3. The summed E-state index contributed by atoms with van der Waals surface area (Å²) in [5, 5.41) is 12.8. The molecule has 3 heterocycles. The van der Waals surface area contributed by atoms with Crippen molar-refractivity contribution in [1.82, 2.24) is 0 Å². The molecule has 0 spiro atoms. The third-order valence-electron chi connectivity index (χ3n) is 26.8. The first-order chi connectivity index (χ1) is 69.4. The van der Waals surface area contributed by atoms with Crippen molar-refractivity contribution >= 4 is 167 Å². The minimum Gasteiger partial charge on any atom is -0.309 e. The SMILES string of the molecule is c1ccc(-c2ccc(-c3ccc(N(c4ccccc4)c4cc(-c5ccccc5)cc5c4sc4ccccc45)cc3)cc2)cc1.c1ccc(-c2ccc(N(c3ccc(-c4ccc5ccccc5c4)cc3)c3cc(-c4ccccc4)cc4c3sc3ccccc34)cc2)cc1.c1ccc(-c2ccc(N(c3ccc(-c4cccc5ccccc45)cc3)c3cc(-c4ccccc4)cc4c3sc3ccccc34)cc2)cc1. The molecule has 6 heteroatoms. The summed E-state index contributed by atoms with van der Waals surface area (Å²) in [7, 11) is 0. The highest BCUT2D eigenvalue weighted by Gasteiger charge is 2.26. The van der Waals surface area contributed by atoms with Crippen molar-refractivity contribution in [3.05, 3.63) is 552 Å². The van der Waals surface area contributed by atoms with Crippen LogP contribution in [0, 0.1) is 0 Å². The van der Waals surface area contributed by atoms with Crippen LogP contribution in [0.1, 0.15) is 0 Å². The van der Waals surface area contributed by atoms with E-state index in [9.17, 15) is 0 Å². The molecule has 0 unspecified atom stereocenters. The van der Waals surface area contributed by atoms with Crippen molar-refractivity contribution in [2.24, 2.45) is 0 Å². The molecule has 3 aromatic heterocycles. The zero-order valence-electron chi connectivity index (χ0n) is 76.6. The average molecular weight is 1840 g/mol. The van der Waals surface area contributed by atoms with E-state index in [4.69, 9.17) is 0 Å². The Morgan fingerprint density at radius 1 is 0.121 bits per heavy atom. The van der Waals surface area contributed by atoms with Gasteiger partial charge in [0, 0.05) is 80.5 Å². The maximum absolute atomic E-state index is 2.44. The number of hydrogen-bond acceptors (Lipinski definition) is 6. The Balaban J connectivity index is 0.000000114. The minimum atomic E-state index is 1.12. The van der Waals surface area contributed by atoms with Gasteiger partial charge >= 0.3 is 0 Å². The van der Waals surface area contributed by atoms with Gasteiger partial charge in [-0.2, -0.15) is 0 Å². The normalized spacial score (nSPS) is 11.3. The molecule has 0 bridgehead atoms. The average Bonchev–Trinajstić information content (AvgIpc) is 1.57. The Morgan fingerprint density at radius 3 is 0.686 bits per heavy atom. The quantitative estimate of drug-likeness (QED) is 0.0848. The van der Waals surface area contributed by atoms with E-state index >= 15 is 0 Å². The molecule has 26 aromatic rings. The molecule has 0 radical (unpaired) electrons. The van der Waals surface area contributed by atoms with Gasteiger partial charge in [-0.05, 0) is 255 Å². The number of thiophene rings is 3. The van der Waals surface area contributed by atoms with Crippen LogP contribution in [0.15, 0.2) is 552 Å². The van der Waals surface area contributed by atoms with E-state index in [0.717, 1.165) is 34.1 Å².